The fourth-order valence-corrected chi connectivity index (χ4v) is 3.81. The van der Waals surface area contributed by atoms with E-state index in [4.69, 9.17) is 5.84 Å². The molecule has 2 aromatic rings. The second kappa shape index (κ2) is 5.93. The van der Waals surface area contributed by atoms with Crippen LogP contribution < -0.4 is 16.6 Å². The van der Waals surface area contributed by atoms with Crippen molar-refractivity contribution in [2.45, 2.75) is 39.0 Å². The average molecular weight is 291 g/mol. The van der Waals surface area contributed by atoms with E-state index in [-0.39, 0.29) is 0 Å². The number of anilines is 2. The van der Waals surface area contributed by atoms with Crippen LogP contribution in [-0.2, 0) is 0 Å². The van der Waals surface area contributed by atoms with Gasteiger partial charge >= 0.3 is 0 Å². The van der Waals surface area contributed by atoms with E-state index in [1.807, 2.05) is 0 Å². The van der Waals surface area contributed by atoms with Gasteiger partial charge in [0.2, 0.25) is 5.95 Å². The third-order valence-electron chi connectivity index (χ3n) is 3.96. The highest BCUT2D eigenvalue weighted by Gasteiger charge is 2.15. The molecule has 2 heterocycles. The van der Waals surface area contributed by atoms with Gasteiger partial charge in [0, 0.05) is 11.4 Å². The minimum Gasteiger partial charge on any atom is -0.369 e. The first-order valence-corrected chi connectivity index (χ1v) is 8.06. The van der Waals surface area contributed by atoms with Crippen LogP contribution in [0.4, 0.5) is 11.8 Å². The van der Waals surface area contributed by atoms with Gasteiger partial charge in [0.15, 0.2) is 0 Å². The quantitative estimate of drug-likeness (QED) is 0.582. The van der Waals surface area contributed by atoms with Crippen LogP contribution in [0.5, 0.6) is 0 Å². The summed E-state index contributed by atoms with van der Waals surface area (Å²) in [6.45, 7) is 3.06. The highest BCUT2D eigenvalue weighted by molar-refractivity contribution is 7.18. The number of fused-ring (bicyclic) bond motifs is 1. The number of nitrogen functional groups attached to an aromatic ring is 1. The average Bonchev–Trinajstić information content (AvgIpc) is 3.06. The van der Waals surface area contributed by atoms with E-state index in [1.165, 1.54) is 37.0 Å². The van der Waals surface area contributed by atoms with Crippen molar-refractivity contribution in [1.29, 1.82) is 0 Å². The van der Waals surface area contributed by atoms with Crippen molar-refractivity contribution in [2.24, 2.45) is 11.8 Å². The summed E-state index contributed by atoms with van der Waals surface area (Å²) < 4.78 is 0. The van der Waals surface area contributed by atoms with E-state index in [2.05, 4.69) is 33.7 Å². The Bertz CT molecular complexity index is 589. The largest absolute Gasteiger partial charge is 0.369 e. The van der Waals surface area contributed by atoms with Gasteiger partial charge in [-0.15, -0.1) is 11.3 Å². The van der Waals surface area contributed by atoms with Crippen molar-refractivity contribution in [3.63, 3.8) is 0 Å². The molecule has 0 bridgehead atoms. The zero-order valence-electron chi connectivity index (χ0n) is 11.8. The van der Waals surface area contributed by atoms with E-state index in [1.54, 1.807) is 11.3 Å². The molecule has 1 fully saturated rings. The number of nitrogens with two attached hydrogens (primary N) is 1. The Kier molecular flexibility index (Phi) is 4.03. The highest BCUT2D eigenvalue weighted by atomic mass is 32.1. The molecular weight excluding hydrogens is 270 g/mol. The molecule has 0 atom stereocenters. The first-order chi connectivity index (χ1) is 9.76. The van der Waals surface area contributed by atoms with Crippen LogP contribution in [0.3, 0.4) is 0 Å². The molecule has 108 valence electrons. The summed E-state index contributed by atoms with van der Waals surface area (Å²) in [7, 11) is 0. The molecule has 1 aliphatic carbocycles. The molecule has 3 rings (SSSR count). The summed E-state index contributed by atoms with van der Waals surface area (Å²) in [6.07, 6.45) is 6.78. The summed E-state index contributed by atoms with van der Waals surface area (Å²) in [5.41, 5.74) is 2.54. The molecule has 20 heavy (non-hydrogen) atoms. The standard InChI is InChI=1S/C14H21N5S/c1-9-8-11-12(16-7-6-10-4-2-3-5-10)17-14(19-15)18-13(11)20-9/h8,10H,2-7,15H2,1H3,(H2,16,17,18,19). The third kappa shape index (κ3) is 2.86. The molecule has 6 heteroatoms. The fraction of sp³-hybridized carbons (Fsp3) is 0.571. The predicted molar refractivity (Wildman–Crippen MR) is 85.0 cm³/mol. The van der Waals surface area contributed by atoms with E-state index in [0.717, 1.165) is 28.5 Å². The maximum atomic E-state index is 5.45. The summed E-state index contributed by atoms with van der Waals surface area (Å²) in [6, 6.07) is 2.14. The smallest absolute Gasteiger partial charge is 0.240 e. The number of aryl methyl sites for hydroxylation is 1. The van der Waals surface area contributed by atoms with Crippen LogP contribution in [0.15, 0.2) is 6.07 Å². The summed E-state index contributed by atoms with van der Waals surface area (Å²) in [5.74, 6) is 7.70. The highest BCUT2D eigenvalue weighted by Crippen LogP contribution is 2.30. The molecule has 0 amide bonds. The molecule has 0 aromatic carbocycles. The second-order valence-electron chi connectivity index (χ2n) is 5.48. The number of hydrogen-bond acceptors (Lipinski definition) is 6. The van der Waals surface area contributed by atoms with Crippen molar-refractivity contribution in [3.05, 3.63) is 10.9 Å². The maximum Gasteiger partial charge on any atom is 0.240 e. The van der Waals surface area contributed by atoms with E-state index in [9.17, 15) is 0 Å². The molecule has 0 radical (unpaired) electrons. The number of nitrogens with zero attached hydrogens (tertiary/aromatic N) is 2. The zero-order valence-corrected chi connectivity index (χ0v) is 12.6. The van der Waals surface area contributed by atoms with Crippen molar-refractivity contribution in [3.8, 4) is 0 Å². The molecule has 0 aliphatic heterocycles. The minimum absolute atomic E-state index is 0.475. The third-order valence-corrected chi connectivity index (χ3v) is 4.91. The molecule has 1 saturated carbocycles. The number of rotatable bonds is 5. The SMILES string of the molecule is Cc1cc2c(NCCC3CCCC3)nc(NN)nc2s1. The van der Waals surface area contributed by atoms with Gasteiger partial charge in [-0.1, -0.05) is 25.7 Å². The summed E-state index contributed by atoms with van der Waals surface area (Å²) in [4.78, 5) is 11.1. The Morgan fingerprint density at radius 3 is 2.90 bits per heavy atom. The van der Waals surface area contributed by atoms with Crippen LogP contribution in [0.25, 0.3) is 10.2 Å². The lowest BCUT2D eigenvalue weighted by Gasteiger charge is -2.11. The fourth-order valence-electron chi connectivity index (χ4n) is 2.93. The molecule has 2 aromatic heterocycles. The van der Waals surface area contributed by atoms with Gasteiger partial charge in [-0.2, -0.15) is 4.98 Å². The van der Waals surface area contributed by atoms with Crippen LogP contribution in [0.2, 0.25) is 0 Å². The Balaban J connectivity index is 1.74. The van der Waals surface area contributed by atoms with Crippen molar-refractivity contribution in [2.75, 3.05) is 17.3 Å². The first kappa shape index (κ1) is 13.6. The van der Waals surface area contributed by atoms with Gasteiger partial charge in [-0.25, -0.2) is 10.8 Å². The Morgan fingerprint density at radius 1 is 1.35 bits per heavy atom. The summed E-state index contributed by atoms with van der Waals surface area (Å²) >= 11 is 1.67. The maximum absolute atomic E-state index is 5.45. The van der Waals surface area contributed by atoms with Crippen molar-refractivity contribution in [1.82, 2.24) is 9.97 Å². The van der Waals surface area contributed by atoms with Gasteiger partial charge in [-0.05, 0) is 25.3 Å². The second-order valence-corrected chi connectivity index (χ2v) is 6.72. The van der Waals surface area contributed by atoms with Crippen molar-refractivity contribution >= 4 is 33.3 Å². The molecule has 5 nitrogen and oxygen atoms in total. The first-order valence-electron chi connectivity index (χ1n) is 7.25. The molecule has 0 unspecified atom stereocenters. The van der Waals surface area contributed by atoms with E-state index >= 15 is 0 Å². The summed E-state index contributed by atoms with van der Waals surface area (Å²) in [5, 5.41) is 4.56. The van der Waals surface area contributed by atoms with Gasteiger partial charge in [0.05, 0.1) is 5.39 Å². The number of thiophene rings is 1. The van der Waals surface area contributed by atoms with Gasteiger partial charge in [-0.3, -0.25) is 5.43 Å². The van der Waals surface area contributed by atoms with Gasteiger partial charge in [0.1, 0.15) is 10.6 Å². The normalized spacial score (nSPS) is 15.9. The Hall–Kier alpha value is -1.40. The van der Waals surface area contributed by atoms with Gasteiger partial charge in [0.25, 0.3) is 0 Å². The van der Waals surface area contributed by atoms with Crippen LogP contribution in [-0.4, -0.2) is 16.5 Å². The zero-order chi connectivity index (χ0) is 13.9. The van der Waals surface area contributed by atoms with E-state index in [0.29, 0.717) is 5.95 Å². The van der Waals surface area contributed by atoms with Gasteiger partial charge < -0.3 is 5.32 Å². The van der Waals surface area contributed by atoms with Crippen LogP contribution in [0.1, 0.15) is 37.0 Å². The molecule has 0 saturated heterocycles. The Morgan fingerprint density at radius 2 is 2.15 bits per heavy atom. The van der Waals surface area contributed by atoms with Crippen LogP contribution in [0, 0.1) is 12.8 Å². The predicted octanol–water partition coefficient (Wildman–Crippen LogP) is 3.28. The lowest BCUT2D eigenvalue weighted by atomic mass is 10.0. The lowest BCUT2D eigenvalue weighted by molar-refractivity contribution is 0.518. The van der Waals surface area contributed by atoms with E-state index < -0.39 is 0 Å². The number of nitrogens with one attached hydrogen (secondary N) is 2. The number of aromatic nitrogens is 2. The molecule has 0 spiro atoms. The number of hydrogen-bond donors (Lipinski definition) is 3. The molecule has 4 N–H and O–H groups in total. The Labute approximate surface area is 123 Å². The minimum atomic E-state index is 0.475. The topological polar surface area (TPSA) is 75.9 Å². The van der Waals surface area contributed by atoms with Crippen LogP contribution >= 0.6 is 11.3 Å². The van der Waals surface area contributed by atoms with Crippen molar-refractivity contribution < 1.29 is 0 Å². The lowest BCUT2D eigenvalue weighted by Crippen LogP contribution is -2.13. The number of hydrazine groups is 1. The molecule has 1 aliphatic rings. The monoisotopic (exact) mass is 291 g/mol. The molecular formula is C14H21N5S.